The lowest BCUT2D eigenvalue weighted by Gasteiger charge is -2.01. The largest absolute Gasteiger partial charge is 0.465 e. The van der Waals surface area contributed by atoms with Gasteiger partial charge in [-0.2, -0.15) is 5.10 Å². The lowest BCUT2D eigenvalue weighted by Crippen LogP contribution is -2.12. The van der Waals surface area contributed by atoms with Gasteiger partial charge in [0.05, 0.1) is 12.0 Å². The standard InChI is InChI=1S/C18H12N2O2/c1-2-14-5-3-6-15(13-14)18(21)20-11-10-16(19-20)8-9-17-7-4-12-22-17/h1,3-13H/b9-8+. The summed E-state index contributed by atoms with van der Waals surface area (Å²) in [5, 5.41) is 4.23. The summed E-state index contributed by atoms with van der Waals surface area (Å²) in [6.45, 7) is 0. The van der Waals surface area contributed by atoms with E-state index in [4.69, 9.17) is 10.8 Å². The van der Waals surface area contributed by atoms with E-state index in [2.05, 4.69) is 11.0 Å². The Kier molecular flexibility index (Phi) is 3.71. The van der Waals surface area contributed by atoms with Crippen molar-refractivity contribution in [2.24, 2.45) is 0 Å². The third kappa shape index (κ3) is 2.89. The van der Waals surface area contributed by atoms with Crippen LogP contribution in [-0.2, 0) is 0 Å². The first kappa shape index (κ1) is 13.7. The summed E-state index contributed by atoms with van der Waals surface area (Å²) < 4.78 is 6.49. The highest BCUT2D eigenvalue weighted by Crippen LogP contribution is 2.09. The van der Waals surface area contributed by atoms with E-state index in [0.717, 1.165) is 5.76 Å². The zero-order valence-electron chi connectivity index (χ0n) is 11.6. The van der Waals surface area contributed by atoms with Crippen LogP contribution in [-0.4, -0.2) is 15.7 Å². The van der Waals surface area contributed by atoms with Gasteiger partial charge in [-0.15, -0.1) is 6.42 Å². The van der Waals surface area contributed by atoms with E-state index in [9.17, 15) is 4.79 Å². The van der Waals surface area contributed by atoms with Gasteiger partial charge in [-0.05, 0) is 48.6 Å². The molecule has 1 aromatic carbocycles. The summed E-state index contributed by atoms with van der Waals surface area (Å²) in [4.78, 5) is 12.3. The van der Waals surface area contributed by atoms with Crippen molar-refractivity contribution < 1.29 is 9.21 Å². The molecule has 0 N–H and O–H groups in total. The number of hydrogen-bond donors (Lipinski definition) is 0. The summed E-state index contributed by atoms with van der Waals surface area (Å²) in [5.74, 6) is 3.01. The number of rotatable bonds is 3. The molecule has 0 spiro atoms. The highest BCUT2D eigenvalue weighted by molar-refractivity contribution is 5.95. The molecular formula is C18H12N2O2. The molecule has 0 aliphatic carbocycles. The maximum Gasteiger partial charge on any atom is 0.278 e. The van der Waals surface area contributed by atoms with Crippen molar-refractivity contribution in [3.8, 4) is 12.3 Å². The Morgan fingerprint density at radius 1 is 1.23 bits per heavy atom. The molecule has 2 heterocycles. The number of nitrogens with zero attached hydrogens (tertiary/aromatic N) is 2. The van der Waals surface area contributed by atoms with Crippen LogP contribution in [0.4, 0.5) is 0 Å². The molecule has 0 aliphatic heterocycles. The first-order valence-electron chi connectivity index (χ1n) is 6.65. The van der Waals surface area contributed by atoms with E-state index in [1.54, 1.807) is 61.0 Å². The van der Waals surface area contributed by atoms with Crippen LogP contribution in [0.15, 0.2) is 59.3 Å². The molecule has 0 aliphatic rings. The molecule has 0 saturated carbocycles. The van der Waals surface area contributed by atoms with Crippen molar-refractivity contribution in [1.29, 1.82) is 0 Å². The number of hydrogen-bond acceptors (Lipinski definition) is 3. The number of benzene rings is 1. The summed E-state index contributed by atoms with van der Waals surface area (Å²) in [6.07, 6.45) is 12.1. The third-order valence-corrected chi connectivity index (χ3v) is 3.06. The molecule has 22 heavy (non-hydrogen) atoms. The van der Waals surface area contributed by atoms with Gasteiger partial charge >= 0.3 is 0 Å². The highest BCUT2D eigenvalue weighted by Gasteiger charge is 2.09. The summed E-state index contributed by atoms with van der Waals surface area (Å²) in [7, 11) is 0. The maximum atomic E-state index is 12.3. The predicted octanol–water partition coefficient (Wildman–Crippen LogP) is 3.32. The van der Waals surface area contributed by atoms with E-state index < -0.39 is 0 Å². The molecule has 0 radical (unpaired) electrons. The number of carbonyl (C=O) groups excluding carboxylic acids is 1. The van der Waals surface area contributed by atoms with Gasteiger partial charge in [0.25, 0.3) is 5.91 Å². The minimum Gasteiger partial charge on any atom is -0.465 e. The monoisotopic (exact) mass is 288 g/mol. The minimum atomic E-state index is -0.227. The lowest BCUT2D eigenvalue weighted by atomic mass is 10.1. The van der Waals surface area contributed by atoms with Gasteiger partial charge in [0.1, 0.15) is 5.76 Å². The second-order valence-corrected chi connectivity index (χ2v) is 4.56. The third-order valence-electron chi connectivity index (χ3n) is 3.06. The Balaban J connectivity index is 1.81. The molecule has 0 fully saturated rings. The van der Waals surface area contributed by atoms with E-state index >= 15 is 0 Å². The quantitative estimate of drug-likeness (QED) is 0.695. The Hall–Kier alpha value is -3.32. The molecule has 0 atom stereocenters. The molecule has 0 unspecified atom stereocenters. The van der Waals surface area contributed by atoms with E-state index in [1.807, 2.05) is 6.07 Å². The first-order valence-corrected chi connectivity index (χ1v) is 6.65. The van der Waals surface area contributed by atoms with Gasteiger partial charge in [0.15, 0.2) is 0 Å². The normalized spacial score (nSPS) is 10.7. The topological polar surface area (TPSA) is 48.0 Å². The van der Waals surface area contributed by atoms with Gasteiger partial charge in [0.2, 0.25) is 0 Å². The van der Waals surface area contributed by atoms with Gasteiger partial charge in [-0.1, -0.05) is 12.0 Å². The van der Waals surface area contributed by atoms with Crippen LogP contribution in [0.2, 0.25) is 0 Å². The molecular weight excluding hydrogens is 276 g/mol. The average Bonchev–Trinajstić information content (AvgIpc) is 3.23. The molecule has 2 aromatic heterocycles. The van der Waals surface area contributed by atoms with Crippen molar-refractivity contribution in [2.75, 3.05) is 0 Å². The Morgan fingerprint density at radius 2 is 2.14 bits per heavy atom. The Bertz CT molecular complexity index is 865. The van der Waals surface area contributed by atoms with Crippen molar-refractivity contribution >= 4 is 18.1 Å². The van der Waals surface area contributed by atoms with E-state index in [-0.39, 0.29) is 5.91 Å². The molecule has 0 bridgehead atoms. The second-order valence-electron chi connectivity index (χ2n) is 4.56. The van der Waals surface area contributed by atoms with Gasteiger partial charge in [-0.3, -0.25) is 4.79 Å². The molecule has 4 nitrogen and oxygen atoms in total. The van der Waals surface area contributed by atoms with Crippen molar-refractivity contribution in [3.63, 3.8) is 0 Å². The Morgan fingerprint density at radius 3 is 2.91 bits per heavy atom. The fourth-order valence-electron chi connectivity index (χ4n) is 1.97. The summed E-state index contributed by atoms with van der Waals surface area (Å²) in [6, 6.07) is 12.3. The van der Waals surface area contributed by atoms with Crippen LogP contribution < -0.4 is 0 Å². The molecule has 0 saturated heterocycles. The molecule has 3 aromatic rings. The highest BCUT2D eigenvalue weighted by atomic mass is 16.3. The van der Waals surface area contributed by atoms with Gasteiger partial charge in [0, 0.05) is 17.3 Å². The van der Waals surface area contributed by atoms with Gasteiger partial charge < -0.3 is 4.42 Å². The number of furan rings is 1. The zero-order chi connectivity index (χ0) is 15.4. The van der Waals surface area contributed by atoms with Crippen molar-refractivity contribution in [3.05, 3.63) is 77.5 Å². The Labute approximate surface area is 127 Å². The van der Waals surface area contributed by atoms with Crippen molar-refractivity contribution in [1.82, 2.24) is 9.78 Å². The second kappa shape index (κ2) is 5.98. The molecule has 3 rings (SSSR count). The van der Waals surface area contributed by atoms with Crippen LogP contribution in [0.3, 0.4) is 0 Å². The van der Waals surface area contributed by atoms with Gasteiger partial charge in [-0.25, -0.2) is 4.68 Å². The van der Waals surface area contributed by atoms with E-state index in [1.165, 1.54) is 4.68 Å². The van der Waals surface area contributed by atoms with Crippen LogP contribution >= 0.6 is 0 Å². The summed E-state index contributed by atoms with van der Waals surface area (Å²) in [5.41, 5.74) is 1.83. The van der Waals surface area contributed by atoms with Crippen LogP contribution in [0.1, 0.15) is 27.4 Å². The summed E-state index contributed by atoms with van der Waals surface area (Å²) >= 11 is 0. The smallest absolute Gasteiger partial charge is 0.278 e. The fourth-order valence-corrected chi connectivity index (χ4v) is 1.97. The van der Waals surface area contributed by atoms with E-state index in [0.29, 0.717) is 16.8 Å². The minimum absolute atomic E-state index is 0.227. The van der Waals surface area contributed by atoms with Crippen LogP contribution in [0.25, 0.3) is 12.2 Å². The SMILES string of the molecule is C#Cc1cccc(C(=O)n2ccc(/C=C/c3ccco3)n2)c1. The first-order chi connectivity index (χ1) is 10.8. The maximum absolute atomic E-state index is 12.3. The van der Waals surface area contributed by atoms with Crippen LogP contribution in [0, 0.1) is 12.3 Å². The number of carbonyl (C=O) groups is 1. The fraction of sp³-hybridized carbons (Fsp3) is 0. The number of terminal acetylenes is 1. The lowest BCUT2D eigenvalue weighted by molar-refractivity contribution is 0.0945. The number of aromatic nitrogens is 2. The molecule has 0 amide bonds. The zero-order valence-corrected chi connectivity index (χ0v) is 11.6. The molecule has 4 heteroatoms. The predicted molar refractivity (Wildman–Crippen MR) is 84.0 cm³/mol. The average molecular weight is 288 g/mol. The van der Waals surface area contributed by atoms with Crippen molar-refractivity contribution in [2.45, 2.75) is 0 Å². The molecule has 106 valence electrons. The van der Waals surface area contributed by atoms with Crippen LogP contribution in [0.5, 0.6) is 0 Å².